The van der Waals surface area contributed by atoms with Crippen LogP contribution in [0.3, 0.4) is 0 Å². The zero-order chi connectivity index (χ0) is 18.6. The van der Waals surface area contributed by atoms with Gasteiger partial charge in [-0.05, 0) is 64.0 Å². The molecule has 3 N–H and O–H groups in total. The van der Waals surface area contributed by atoms with Crippen molar-refractivity contribution in [1.29, 1.82) is 0 Å². The molecule has 1 aromatic carbocycles. The first-order valence-corrected chi connectivity index (χ1v) is 9.33. The fraction of sp³-hybridized carbons (Fsp3) is 0.579. The highest BCUT2D eigenvalue weighted by Crippen LogP contribution is 2.18. The van der Waals surface area contributed by atoms with Crippen molar-refractivity contribution < 1.29 is 9.69 Å². The van der Waals surface area contributed by atoms with E-state index in [4.69, 9.17) is 12.2 Å². The van der Waals surface area contributed by atoms with Crippen molar-refractivity contribution in [2.24, 2.45) is 0 Å². The Hall–Kier alpha value is -1.66. The molecule has 1 fully saturated rings. The van der Waals surface area contributed by atoms with Gasteiger partial charge in [0.05, 0.1) is 26.2 Å². The van der Waals surface area contributed by atoms with Crippen LogP contribution in [0.4, 0.5) is 5.69 Å². The van der Waals surface area contributed by atoms with Gasteiger partial charge in [0.25, 0.3) is 5.91 Å². The van der Waals surface area contributed by atoms with Gasteiger partial charge in [0.1, 0.15) is 0 Å². The highest BCUT2D eigenvalue weighted by molar-refractivity contribution is 7.80. The summed E-state index contributed by atoms with van der Waals surface area (Å²) in [6, 6.07) is 6.21. The van der Waals surface area contributed by atoms with Gasteiger partial charge in [-0.2, -0.15) is 0 Å². The number of anilines is 1. The summed E-state index contributed by atoms with van der Waals surface area (Å²) in [5.74, 6) is 0.118. The summed E-state index contributed by atoms with van der Waals surface area (Å²) >= 11 is 5.58. The fourth-order valence-electron chi connectivity index (χ4n) is 2.97. The number of amides is 1. The molecule has 0 radical (unpaired) electrons. The van der Waals surface area contributed by atoms with Crippen LogP contribution in [0.1, 0.15) is 31.9 Å². The molecule has 1 aromatic rings. The lowest BCUT2D eigenvalue weighted by Crippen LogP contribution is -3.16. The third-order valence-electron chi connectivity index (χ3n) is 4.53. The number of nitrogens with zero attached hydrogens (tertiary/aromatic N) is 1. The normalized spacial score (nSPS) is 15.8. The van der Waals surface area contributed by atoms with Gasteiger partial charge in [-0.25, -0.2) is 0 Å². The molecule has 6 heteroatoms. The number of nitrogens with one attached hydrogen (secondary N) is 3. The van der Waals surface area contributed by atoms with E-state index in [0.29, 0.717) is 6.54 Å². The molecule has 0 spiro atoms. The highest BCUT2D eigenvalue weighted by Gasteiger charge is 2.25. The summed E-state index contributed by atoms with van der Waals surface area (Å²) in [6.07, 6.45) is 0. The van der Waals surface area contributed by atoms with Crippen LogP contribution in [-0.2, 0) is 4.79 Å². The lowest BCUT2D eigenvalue weighted by molar-refractivity contribution is -0.895. The standard InChI is InChI=1S/C19H30N4OS/c1-14-7-6-8-16(15(14)2)20-18(25)23-11-9-22(10-12-23)13-17(24)21-19(3,4)5/h6-8H,9-13H2,1-5H3,(H,20,25)(H,21,24)/p+1. The molecule has 0 bridgehead atoms. The number of thiocarbonyl (C=S) groups is 1. The van der Waals surface area contributed by atoms with Gasteiger partial charge in [0, 0.05) is 11.2 Å². The van der Waals surface area contributed by atoms with E-state index in [9.17, 15) is 4.79 Å². The van der Waals surface area contributed by atoms with Crippen molar-refractivity contribution in [2.45, 2.75) is 40.2 Å². The van der Waals surface area contributed by atoms with Crippen LogP contribution in [0.5, 0.6) is 0 Å². The number of quaternary nitrogens is 1. The van der Waals surface area contributed by atoms with Crippen molar-refractivity contribution in [2.75, 3.05) is 38.0 Å². The summed E-state index contributed by atoms with van der Waals surface area (Å²) in [7, 11) is 0. The van der Waals surface area contributed by atoms with Crippen LogP contribution < -0.4 is 15.5 Å². The van der Waals surface area contributed by atoms with Crippen LogP contribution in [0.15, 0.2) is 18.2 Å². The Morgan fingerprint density at radius 2 is 1.88 bits per heavy atom. The fourth-order valence-corrected chi connectivity index (χ4v) is 3.27. The number of carbonyl (C=O) groups is 1. The second-order valence-electron chi connectivity index (χ2n) is 7.89. The third-order valence-corrected chi connectivity index (χ3v) is 4.89. The minimum absolute atomic E-state index is 0.118. The molecule has 1 heterocycles. The lowest BCUT2D eigenvalue weighted by Gasteiger charge is -2.34. The Morgan fingerprint density at radius 1 is 1.24 bits per heavy atom. The van der Waals surface area contributed by atoms with Crippen LogP contribution in [0, 0.1) is 13.8 Å². The van der Waals surface area contributed by atoms with E-state index < -0.39 is 0 Å². The number of rotatable bonds is 3. The molecule has 0 aliphatic carbocycles. The summed E-state index contributed by atoms with van der Waals surface area (Å²) < 4.78 is 0. The van der Waals surface area contributed by atoms with Crippen LogP contribution in [0.2, 0.25) is 0 Å². The minimum atomic E-state index is -0.171. The summed E-state index contributed by atoms with van der Waals surface area (Å²) in [4.78, 5) is 15.6. The first-order valence-electron chi connectivity index (χ1n) is 8.92. The zero-order valence-electron chi connectivity index (χ0n) is 16.0. The van der Waals surface area contributed by atoms with Gasteiger partial charge in [-0.3, -0.25) is 4.79 Å². The quantitative estimate of drug-likeness (QED) is 0.705. The molecule has 2 rings (SSSR count). The average molecular weight is 364 g/mol. The van der Waals surface area contributed by atoms with Gasteiger partial charge in [0.15, 0.2) is 11.7 Å². The predicted octanol–water partition coefficient (Wildman–Crippen LogP) is 1.12. The summed E-state index contributed by atoms with van der Waals surface area (Å²) in [6.45, 7) is 14.4. The van der Waals surface area contributed by atoms with Gasteiger partial charge in [0.2, 0.25) is 0 Å². The minimum Gasteiger partial charge on any atom is -0.347 e. The first kappa shape index (κ1) is 19.7. The van der Waals surface area contributed by atoms with E-state index in [-0.39, 0.29) is 11.4 Å². The van der Waals surface area contributed by atoms with E-state index in [1.165, 1.54) is 16.0 Å². The first-order chi connectivity index (χ1) is 11.7. The van der Waals surface area contributed by atoms with E-state index in [1.807, 2.05) is 26.8 Å². The number of carbonyl (C=O) groups excluding carboxylic acids is 1. The molecule has 25 heavy (non-hydrogen) atoms. The van der Waals surface area contributed by atoms with Crippen molar-refractivity contribution in [3.8, 4) is 0 Å². The molecular weight excluding hydrogens is 332 g/mol. The second-order valence-corrected chi connectivity index (χ2v) is 8.28. The largest absolute Gasteiger partial charge is 0.347 e. The van der Waals surface area contributed by atoms with E-state index in [2.05, 4.69) is 41.5 Å². The maximum atomic E-state index is 12.1. The Kier molecular flexibility index (Phi) is 6.41. The topological polar surface area (TPSA) is 48.8 Å². The smallest absolute Gasteiger partial charge is 0.275 e. The maximum absolute atomic E-state index is 12.1. The molecule has 1 aliphatic rings. The molecule has 1 aliphatic heterocycles. The highest BCUT2D eigenvalue weighted by atomic mass is 32.1. The molecule has 1 saturated heterocycles. The lowest BCUT2D eigenvalue weighted by atomic mass is 10.1. The van der Waals surface area contributed by atoms with Crippen molar-refractivity contribution in [1.82, 2.24) is 10.2 Å². The number of benzene rings is 1. The van der Waals surface area contributed by atoms with Crippen LogP contribution in [-0.4, -0.2) is 54.2 Å². The molecular formula is C19H31N4OS+. The third kappa shape index (κ3) is 5.97. The number of hydrogen-bond donors (Lipinski definition) is 3. The van der Waals surface area contributed by atoms with Crippen LogP contribution >= 0.6 is 12.2 Å². The van der Waals surface area contributed by atoms with Gasteiger partial charge < -0.3 is 20.4 Å². The Labute approximate surface area is 156 Å². The van der Waals surface area contributed by atoms with E-state index >= 15 is 0 Å². The average Bonchev–Trinajstić information content (AvgIpc) is 2.50. The Morgan fingerprint density at radius 3 is 2.48 bits per heavy atom. The van der Waals surface area contributed by atoms with E-state index in [0.717, 1.165) is 37.0 Å². The van der Waals surface area contributed by atoms with Crippen molar-refractivity contribution in [3.63, 3.8) is 0 Å². The monoisotopic (exact) mass is 363 g/mol. The predicted molar refractivity (Wildman–Crippen MR) is 107 cm³/mol. The zero-order valence-corrected chi connectivity index (χ0v) is 16.8. The molecule has 0 aromatic heterocycles. The maximum Gasteiger partial charge on any atom is 0.275 e. The second kappa shape index (κ2) is 8.15. The molecule has 0 unspecified atom stereocenters. The van der Waals surface area contributed by atoms with Gasteiger partial charge >= 0.3 is 0 Å². The Balaban J connectivity index is 1.82. The van der Waals surface area contributed by atoms with Gasteiger partial charge in [-0.15, -0.1) is 0 Å². The van der Waals surface area contributed by atoms with Crippen molar-refractivity contribution >= 4 is 28.9 Å². The van der Waals surface area contributed by atoms with Crippen LogP contribution in [0.25, 0.3) is 0 Å². The molecule has 1 amide bonds. The number of hydrogen-bond acceptors (Lipinski definition) is 2. The molecule has 0 saturated carbocycles. The summed E-state index contributed by atoms with van der Waals surface area (Å²) in [5, 5.41) is 7.18. The molecule has 138 valence electrons. The van der Waals surface area contributed by atoms with E-state index in [1.54, 1.807) is 0 Å². The summed E-state index contributed by atoms with van der Waals surface area (Å²) in [5.41, 5.74) is 3.39. The number of piperazine rings is 1. The SMILES string of the molecule is Cc1cccc(NC(=S)N2CC[NH+](CC(=O)NC(C)(C)C)CC2)c1C. The van der Waals surface area contributed by atoms with Gasteiger partial charge in [-0.1, -0.05) is 12.1 Å². The van der Waals surface area contributed by atoms with Crippen molar-refractivity contribution in [3.05, 3.63) is 29.3 Å². The molecule has 0 atom stereocenters. The molecule has 5 nitrogen and oxygen atoms in total. The Bertz CT molecular complexity index is 631. The number of aryl methyl sites for hydroxylation is 1.